The monoisotopic (exact) mass is 221 g/mol. The molecule has 0 spiro atoms. The van der Waals surface area contributed by atoms with E-state index in [0.717, 1.165) is 12.8 Å². The first-order chi connectivity index (χ1) is 5.27. The molecule has 0 aromatic rings. The number of rotatable bonds is 7. The van der Waals surface area contributed by atoms with Crippen LogP contribution in [0, 0.1) is 0 Å². The Morgan fingerprint density at radius 3 is 2.18 bits per heavy atom. The Hall–Kier alpha value is 0.189. The molecule has 0 bridgehead atoms. The third-order valence-corrected chi connectivity index (χ3v) is 2.16. The van der Waals surface area contributed by atoms with Crippen LogP contribution in [0.3, 0.4) is 0 Å². The van der Waals surface area contributed by atoms with Crippen LogP contribution in [0.4, 0.5) is 0 Å². The quantitative estimate of drug-likeness (QED) is 0.475. The molecule has 0 aromatic carbocycles. The number of hydrogen-bond donors (Lipinski definition) is 0. The Kier molecular flexibility index (Phi) is 8.43. The molecule has 0 aromatic heterocycles. The van der Waals surface area contributed by atoms with E-state index in [1.54, 1.807) is 0 Å². The van der Waals surface area contributed by atoms with E-state index >= 15 is 0 Å². The van der Waals surface area contributed by atoms with Gasteiger partial charge in [0.2, 0.25) is 0 Å². The van der Waals surface area contributed by atoms with Crippen molar-refractivity contribution in [2.75, 3.05) is 0 Å². The van der Waals surface area contributed by atoms with Crippen LogP contribution >= 0.6 is 0 Å². The van der Waals surface area contributed by atoms with E-state index in [9.17, 15) is 4.79 Å². The van der Waals surface area contributed by atoms with Gasteiger partial charge in [-0.3, -0.25) is 0 Å². The molecule has 0 saturated carbocycles. The Labute approximate surface area is 77.8 Å². The van der Waals surface area contributed by atoms with Crippen LogP contribution in [0.2, 0.25) is 0 Å². The first kappa shape index (κ1) is 11.2. The van der Waals surface area contributed by atoms with Crippen molar-refractivity contribution in [3.8, 4) is 0 Å². The summed E-state index contributed by atoms with van der Waals surface area (Å²) in [4.78, 5) is 10.5. The minimum absolute atomic E-state index is 0.209. The predicted octanol–water partition coefficient (Wildman–Crippen LogP) is 2.43. The molecule has 0 amide bonds. The van der Waals surface area contributed by atoms with Crippen molar-refractivity contribution >= 4 is 20.7 Å². The van der Waals surface area contributed by atoms with Gasteiger partial charge in [0.25, 0.3) is 0 Å². The Morgan fingerprint density at radius 1 is 1.09 bits per heavy atom. The molecule has 0 aliphatic carbocycles. The Balaban J connectivity index is 2.85. The predicted molar refractivity (Wildman–Crippen MR) is 48.8 cm³/mol. The molecule has 1 nitrogen and oxygen atoms in total. The molecule has 65 valence electrons. The summed E-state index contributed by atoms with van der Waals surface area (Å²) >= 11 is 2.50. The number of carbonyl (C=O) groups excluding carboxylic acids is 1. The minimum atomic E-state index is 0.209. The summed E-state index contributed by atoms with van der Waals surface area (Å²) in [5.74, 6) is 0. The second-order valence-corrected chi connectivity index (χ2v) is 3.85. The molecule has 1 radical (unpaired) electrons. The van der Waals surface area contributed by atoms with Crippen molar-refractivity contribution in [2.24, 2.45) is 0 Å². The van der Waals surface area contributed by atoms with Gasteiger partial charge in [-0.15, -0.1) is 0 Å². The summed E-state index contributed by atoms with van der Waals surface area (Å²) in [6.07, 6.45) is 8.26. The van der Waals surface area contributed by atoms with Crippen LogP contribution in [0.25, 0.3) is 0 Å². The van der Waals surface area contributed by atoms with Gasteiger partial charge in [0.1, 0.15) is 0 Å². The van der Waals surface area contributed by atoms with Gasteiger partial charge in [-0.25, -0.2) is 0 Å². The number of carbonyl (C=O) groups is 1. The van der Waals surface area contributed by atoms with Gasteiger partial charge in [-0.05, 0) is 0 Å². The fraction of sp³-hybridized carbons (Fsp3) is 0.889. The second kappa shape index (κ2) is 8.29. The average Bonchev–Trinajstić information content (AvgIpc) is 1.96. The van der Waals surface area contributed by atoms with Crippen LogP contribution in [-0.4, -0.2) is 20.7 Å². The fourth-order valence-corrected chi connectivity index (χ4v) is 1.35. The van der Waals surface area contributed by atoms with Crippen LogP contribution in [0.1, 0.15) is 51.9 Å². The molecule has 0 fully saturated rings. The molecule has 0 N–H and O–H groups in total. The third-order valence-electron chi connectivity index (χ3n) is 1.73. The molecule has 0 aliphatic heterocycles. The molecule has 0 aliphatic rings. The topological polar surface area (TPSA) is 17.1 Å². The molecule has 11 heavy (non-hydrogen) atoms. The maximum atomic E-state index is 10.5. The van der Waals surface area contributed by atoms with Gasteiger partial charge in [-0.2, -0.15) is 0 Å². The Bertz CT molecular complexity index is 102. The van der Waals surface area contributed by atoms with Gasteiger partial charge in [0.15, 0.2) is 0 Å². The molecule has 0 unspecified atom stereocenters. The van der Waals surface area contributed by atoms with Gasteiger partial charge < -0.3 is 0 Å². The molecule has 0 atom stereocenters. The van der Waals surface area contributed by atoms with Gasteiger partial charge in [-0.1, -0.05) is 0 Å². The Morgan fingerprint density at radius 2 is 1.64 bits per heavy atom. The summed E-state index contributed by atoms with van der Waals surface area (Å²) in [7, 11) is 0. The summed E-state index contributed by atoms with van der Waals surface area (Å²) in [5, 5.41) is 0. The van der Waals surface area contributed by atoms with E-state index in [1.165, 1.54) is 32.1 Å². The second-order valence-electron chi connectivity index (χ2n) is 2.89. The molecular formula is C9H17OSe. The van der Waals surface area contributed by atoms with Crippen LogP contribution in [-0.2, 0) is 4.79 Å². The fourth-order valence-electron chi connectivity index (χ4n) is 1.05. The average molecular weight is 220 g/mol. The van der Waals surface area contributed by atoms with Crippen molar-refractivity contribution in [2.45, 2.75) is 51.9 Å². The van der Waals surface area contributed by atoms with Crippen LogP contribution in [0.5, 0.6) is 0 Å². The van der Waals surface area contributed by atoms with E-state index in [1.807, 2.05) is 0 Å². The first-order valence-electron chi connectivity index (χ1n) is 4.47. The summed E-state index contributed by atoms with van der Waals surface area (Å²) in [5.41, 5.74) is 0. The van der Waals surface area contributed by atoms with Crippen molar-refractivity contribution in [1.29, 1.82) is 0 Å². The molecule has 2 heteroatoms. The van der Waals surface area contributed by atoms with Crippen molar-refractivity contribution < 1.29 is 4.79 Å². The summed E-state index contributed by atoms with van der Waals surface area (Å²) in [6.45, 7) is 2.21. The van der Waals surface area contributed by atoms with Crippen LogP contribution in [0.15, 0.2) is 0 Å². The maximum absolute atomic E-state index is 10.5. The van der Waals surface area contributed by atoms with Crippen molar-refractivity contribution in [3.05, 3.63) is 0 Å². The number of hydrogen-bond acceptors (Lipinski definition) is 1. The molecule has 0 rings (SSSR count). The number of unbranched alkanes of at least 4 members (excludes halogenated alkanes) is 5. The normalized spacial score (nSPS) is 9.91. The standard InChI is InChI=1S/C9H17OSe/c1-2-3-4-5-6-7-8-9(10)11/h2-8H2,1H3. The van der Waals surface area contributed by atoms with Gasteiger partial charge in [0.05, 0.1) is 0 Å². The van der Waals surface area contributed by atoms with E-state index in [-0.39, 0.29) is 4.68 Å². The van der Waals surface area contributed by atoms with Crippen LogP contribution < -0.4 is 0 Å². The zero-order valence-electron chi connectivity index (χ0n) is 7.27. The third kappa shape index (κ3) is 10.2. The molecular weight excluding hydrogens is 203 g/mol. The van der Waals surface area contributed by atoms with Gasteiger partial charge >= 0.3 is 77.4 Å². The van der Waals surface area contributed by atoms with Crippen molar-refractivity contribution in [3.63, 3.8) is 0 Å². The first-order valence-corrected chi connectivity index (χ1v) is 5.33. The van der Waals surface area contributed by atoms with E-state index in [2.05, 4.69) is 22.9 Å². The zero-order chi connectivity index (χ0) is 8.53. The summed E-state index contributed by atoms with van der Waals surface area (Å²) < 4.78 is 0.209. The van der Waals surface area contributed by atoms with E-state index in [4.69, 9.17) is 0 Å². The van der Waals surface area contributed by atoms with Gasteiger partial charge in [0, 0.05) is 0 Å². The zero-order valence-corrected chi connectivity index (χ0v) is 8.98. The summed E-state index contributed by atoms with van der Waals surface area (Å²) in [6, 6.07) is 0. The molecule has 0 heterocycles. The van der Waals surface area contributed by atoms with Crippen molar-refractivity contribution in [1.82, 2.24) is 0 Å². The molecule has 0 saturated heterocycles. The van der Waals surface area contributed by atoms with E-state index in [0.29, 0.717) is 0 Å². The SMILES string of the molecule is CCCCCCCCC(=O)[Se]. The van der Waals surface area contributed by atoms with E-state index < -0.39 is 0 Å².